The van der Waals surface area contributed by atoms with Gasteiger partial charge in [-0.3, -0.25) is 28.3 Å². The van der Waals surface area contributed by atoms with Crippen LogP contribution in [0.25, 0.3) is 30.4 Å². The smallest absolute Gasteiger partial charge is 0.333 e. The number of benzene rings is 2. The van der Waals surface area contributed by atoms with Crippen LogP contribution in [0.15, 0.2) is 80.4 Å². The molecule has 22 nitrogen and oxygen atoms in total. The largest absolute Gasteiger partial charge is 0.508 e. The third kappa shape index (κ3) is 15.6. The van der Waals surface area contributed by atoms with Gasteiger partial charge < -0.3 is 29.9 Å². The van der Waals surface area contributed by atoms with Crippen LogP contribution in [0, 0.1) is 44.2 Å². The number of aromatic nitrogens is 10. The first-order valence-corrected chi connectivity index (χ1v) is 29.4. The molecular formula is C61H82F2N10O12S2. The van der Waals surface area contributed by atoms with Crippen molar-refractivity contribution in [2.24, 2.45) is 11.8 Å². The fourth-order valence-corrected chi connectivity index (χ4v) is 12.1. The normalized spacial score (nSPS) is 12.9. The summed E-state index contributed by atoms with van der Waals surface area (Å²) in [6.45, 7) is 24.6. The van der Waals surface area contributed by atoms with E-state index in [1.165, 1.54) is 101 Å². The summed E-state index contributed by atoms with van der Waals surface area (Å²) in [5.41, 5.74) is -5.80. The van der Waals surface area contributed by atoms with Gasteiger partial charge in [0.05, 0.1) is 73.1 Å². The average Bonchev–Trinajstić information content (AvgIpc) is 1.69. The Morgan fingerprint density at radius 1 is 0.586 bits per heavy atom. The van der Waals surface area contributed by atoms with Crippen LogP contribution in [0.3, 0.4) is 0 Å². The number of aryl methyl sites for hydroxylation is 3. The number of fused-ring (bicyclic) bond motifs is 2. The summed E-state index contributed by atoms with van der Waals surface area (Å²) in [6.07, 6.45) is 4.32. The van der Waals surface area contributed by atoms with Crippen LogP contribution < -0.4 is 22.5 Å². The Labute approximate surface area is 510 Å². The molecule has 0 unspecified atom stereocenters. The van der Waals surface area contributed by atoms with Gasteiger partial charge in [-0.2, -0.15) is 20.4 Å². The van der Waals surface area contributed by atoms with Crippen molar-refractivity contribution in [3.63, 3.8) is 0 Å². The molecule has 26 heteroatoms. The van der Waals surface area contributed by atoms with Gasteiger partial charge in [0.25, 0.3) is 11.1 Å². The molecule has 0 saturated carbocycles. The first-order chi connectivity index (χ1) is 40.0. The summed E-state index contributed by atoms with van der Waals surface area (Å²) in [4.78, 5) is 86.9. The van der Waals surface area contributed by atoms with E-state index in [-0.39, 0.29) is 96.9 Å². The molecule has 0 aliphatic heterocycles. The van der Waals surface area contributed by atoms with E-state index in [1.54, 1.807) is 54.5 Å². The number of carbonyl (C=O) groups is 2. The third-order valence-corrected chi connectivity index (χ3v) is 16.7. The quantitative estimate of drug-likeness (QED) is 0.0494. The van der Waals surface area contributed by atoms with Crippen molar-refractivity contribution in [1.82, 2.24) is 48.3 Å². The number of nitrogens with zero attached hydrogens (tertiary/aromatic N) is 10. The lowest BCUT2D eigenvalue weighted by Gasteiger charge is -2.29. The van der Waals surface area contributed by atoms with Crippen molar-refractivity contribution in [3.05, 3.63) is 142 Å². The molecule has 8 rings (SSSR count). The van der Waals surface area contributed by atoms with E-state index in [0.29, 0.717) is 31.5 Å². The zero-order valence-corrected chi connectivity index (χ0v) is 53.1. The predicted molar refractivity (Wildman–Crippen MR) is 332 cm³/mol. The lowest BCUT2D eigenvalue weighted by molar-refractivity contribution is -0.127. The van der Waals surface area contributed by atoms with Gasteiger partial charge in [-0.1, -0.05) is 63.9 Å². The fraction of sp³-hybridized carbons (Fsp3) is 0.508. The van der Waals surface area contributed by atoms with Crippen LogP contribution in [-0.4, -0.2) is 112 Å². The number of thiophene rings is 2. The highest BCUT2D eigenvalue weighted by molar-refractivity contribution is 7.21. The Kier molecular flexibility index (Phi) is 22.6. The molecular weight excluding hydrogens is 1170 g/mol. The Balaban J connectivity index is 0.000000305. The first kappa shape index (κ1) is 70.6. The zero-order valence-electron chi connectivity index (χ0n) is 51.4. The molecule has 6 aromatic heterocycles. The fourth-order valence-electron chi connectivity index (χ4n) is 9.65. The van der Waals surface area contributed by atoms with E-state index in [9.17, 15) is 52.9 Å². The van der Waals surface area contributed by atoms with E-state index in [0.717, 1.165) is 45.3 Å². The van der Waals surface area contributed by atoms with Crippen LogP contribution in [-0.2, 0) is 43.2 Å². The number of hydrogen-bond donors (Lipinski definition) is 4. The van der Waals surface area contributed by atoms with Crippen LogP contribution in [0.2, 0.25) is 0 Å². The number of phenols is 1. The maximum Gasteiger partial charge on any atom is 0.333 e. The molecule has 0 aliphatic rings. The van der Waals surface area contributed by atoms with E-state index < -0.39 is 68.6 Å². The number of ketones is 2. The second kappa shape index (κ2) is 27.9. The number of halogens is 2. The lowest BCUT2D eigenvalue weighted by atomic mass is 9.91. The van der Waals surface area contributed by atoms with Crippen molar-refractivity contribution < 1.29 is 48.3 Å². The maximum absolute atomic E-state index is 14.5. The van der Waals surface area contributed by atoms with Gasteiger partial charge >= 0.3 is 11.4 Å². The van der Waals surface area contributed by atoms with Gasteiger partial charge in [0, 0.05) is 36.6 Å². The maximum atomic E-state index is 14.5. The van der Waals surface area contributed by atoms with Crippen LogP contribution in [0.4, 0.5) is 8.78 Å². The SMILES string of the molecule is C.CO.Cc1c(-n2nccn2)sc2c1c(=O)n(C(C)(C)C(=O)CC(C)C)c(=O)n2C[C@H](OCC(C)(C)O)c1cc(F)ccc1O.Cc1ccc(F)cc1[C@H](Cn1c(=O)n(C(C)(C)C(=O)CC(C)C)c(=O)c2c(C)c(-n3nccn3)sc21)OCC(C)(C)O. The van der Waals surface area contributed by atoms with Crippen molar-refractivity contribution >= 4 is 54.7 Å². The van der Waals surface area contributed by atoms with Gasteiger partial charge in [0.2, 0.25) is 0 Å². The average molecular weight is 1250 g/mol. The number of aromatic hydroxyl groups is 1. The number of ether oxygens (including phenoxy) is 2. The van der Waals surface area contributed by atoms with Crippen LogP contribution in [0.5, 0.6) is 5.75 Å². The molecule has 0 bridgehead atoms. The molecule has 0 saturated heterocycles. The third-order valence-electron chi connectivity index (χ3n) is 14.1. The Bertz CT molecular complexity index is 3720. The summed E-state index contributed by atoms with van der Waals surface area (Å²) in [5, 5.41) is 56.7. The minimum Gasteiger partial charge on any atom is -0.508 e. The molecule has 87 heavy (non-hydrogen) atoms. The summed E-state index contributed by atoms with van der Waals surface area (Å²) in [7, 11) is 1.00. The van der Waals surface area contributed by atoms with Crippen LogP contribution in [0.1, 0.15) is 143 Å². The summed E-state index contributed by atoms with van der Waals surface area (Å²) in [6, 6.07) is 7.66. The van der Waals surface area contributed by atoms with Gasteiger partial charge in [-0.15, -0.1) is 9.59 Å². The monoisotopic (exact) mass is 1250 g/mol. The molecule has 0 fully saturated rings. The van der Waals surface area contributed by atoms with Gasteiger partial charge in [-0.05, 0) is 129 Å². The highest BCUT2D eigenvalue weighted by atomic mass is 32.1. The first-order valence-electron chi connectivity index (χ1n) is 27.8. The Morgan fingerprint density at radius 2 is 0.931 bits per heavy atom. The van der Waals surface area contributed by atoms with Crippen molar-refractivity contribution in [2.75, 3.05) is 20.3 Å². The molecule has 0 amide bonds. The highest BCUT2D eigenvalue weighted by Gasteiger charge is 2.38. The van der Waals surface area contributed by atoms with Crippen molar-refractivity contribution in [2.45, 2.75) is 172 Å². The van der Waals surface area contributed by atoms with E-state index >= 15 is 0 Å². The van der Waals surface area contributed by atoms with Gasteiger partial charge in [0.1, 0.15) is 60.3 Å². The summed E-state index contributed by atoms with van der Waals surface area (Å²) < 4.78 is 45.6. The highest BCUT2D eigenvalue weighted by Crippen LogP contribution is 2.37. The molecule has 0 spiro atoms. The van der Waals surface area contributed by atoms with E-state index in [1.807, 2.05) is 27.7 Å². The minimum absolute atomic E-state index is 0. The number of rotatable bonds is 22. The number of carbonyl (C=O) groups excluding carboxylic acids is 2. The van der Waals surface area contributed by atoms with Gasteiger partial charge in [0.15, 0.2) is 11.6 Å². The number of phenolic OH excluding ortho intramolecular Hbond substituents is 1. The number of Topliss-reactive ketones (excluding diaryl/α,β-unsaturated/α-hetero) is 2. The number of aliphatic hydroxyl groups is 3. The molecule has 0 aliphatic carbocycles. The second-order valence-electron chi connectivity index (χ2n) is 24.2. The lowest BCUT2D eigenvalue weighted by Crippen LogP contribution is -2.53. The zero-order chi connectivity index (χ0) is 64.3. The summed E-state index contributed by atoms with van der Waals surface area (Å²) >= 11 is 2.27. The minimum atomic E-state index is -1.50. The van der Waals surface area contributed by atoms with E-state index in [2.05, 4.69) is 20.4 Å². The molecule has 6 heterocycles. The van der Waals surface area contributed by atoms with Gasteiger partial charge in [-0.25, -0.2) is 27.5 Å². The molecule has 0 radical (unpaired) electrons. The molecule has 4 N–H and O–H groups in total. The van der Waals surface area contributed by atoms with Crippen molar-refractivity contribution in [1.29, 1.82) is 0 Å². The molecule has 2 atom stereocenters. The molecule has 2 aromatic carbocycles. The van der Waals surface area contributed by atoms with E-state index in [4.69, 9.17) is 14.6 Å². The topological polar surface area (TPSA) is 283 Å². The standard InChI is InChI=1S/C30H38FN5O5S.C29H36FN5O6S.CH4O.CH4/c1-17(2)13-23(37)30(7,8)35-25(38)24-19(4)26(36-32-11-12-33-36)42-27(24)34(28(35)39)15-22(41-16-29(5,6)40)21-14-20(31)10-9-18(21)3;1-16(2)12-22(37)29(6,7)34-24(38)23-17(3)25(35-31-10-11-32-35)42-26(23)33(27(34)39)14-21(41-15-28(4,5)40)19-13-18(30)8-9-20(19)36;1-2;/h9-12,14,17,22,40H,13,15-16H2,1-8H3;8-11,13,16,21,36,40H,12,14-15H2,1-7H3;2H,1H3;1H4/t22-;21-;;/m00../s1. The second-order valence-corrected chi connectivity index (χ2v) is 26.2. The number of hydrogen-bond acceptors (Lipinski definition) is 18. The molecule has 8 aromatic rings. The Morgan fingerprint density at radius 3 is 1.29 bits per heavy atom. The Hall–Kier alpha value is -7.20. The number of aliphatic hydroxyl groups excluding tert-OH is 1. The van der Waals surface area contributed by atoms with Crippen molar-refractivity contribution in [3.8, 4) is 15.8 Å². The predicted octanol–water partition coefficient (Wildman–Crippen LogP) is 8.52. The summed E-state index contributed by atoms with van der Waals surface area (Å²) in [5.74, 6) is -1.91. The van der Waals surface area contributed by atoms with Crippen LogP contribution >= 0.6 is 22.7 Å². The molecule has 474 valence electrons.